The van der Waals surface area contributed by atoms with Crippen LogP contribution in [-0.2, 0) is 6.42 Å². The molecule has 2 N–H and O–H groups in total. The lowest BCUT2D eigenvalue weighted by Gasteiger charge is -2.06. The van der Waals surface area contributed by atoms with Crippen molar-refractivity contribution >= 4 is 23.1 Å². The molecular formula is C13H13FN2OS. The standard InChI is InChI=1S/C13H13FN2OS/c14-11-1-3-12(4-2-11)16-13(17)15-7-5-10-6-8-18-9-10/h1-4,6,8-9H,5,7H2,(H2,15,16,17). The highest BCUT2D eigenvalue weighted by Crippen LogP contribution is 2.08. The van der Waals surface area contributed by atoms with Crippen molar-refractivity contribution in [3.8, 4) is 0 Å². The number of urea groups is 1. The summed E-state index contributed by atoms with van der Waals surface area (Å²) in [6.45, 7) is 0.573. The van der Waals surface area contributed by atoms with Crippen molar-refractivity contribution in [3.05, 3.63) is 52.5 Å². The van der Waals surface area contributed by atoms with Gasteiger partial charge in [0, 0.05) is 12.2 Å². The first-order valence-corrected chi connectivity index (χ1v) is 6.50. The fraction of sp³-hybridized carbons (Fsp3) is 0.154. The van der Waals surface area contributed by atoms with Crippen LogP contribution in [0, 0.1) is 5.82 Å². The van der Waals surface area contributed by atoms with Crippen LogP contribution in [0.4, 0.5) is 14.9 Å². The molecule has 1 heterocycles. The van der Waals surface area contributed by atoms with E-state index in [2.05, 4.69) is 16.0 Å². The minimum Gasteiger partial charge on any atom is -0.338 e. The third kappa shape index (κ3) is 3.85. The summed E-state index contributed by atoms with van der Waals surface area (Å²) in [5.41, 5.74) is 1.78. The Hall–Kier alpha value is -1.88. The van der Waals surface area contributed by atoms with Crippen LogP contribution in [0.3, 0.4) is 0 Å². The predicted octanol–water partition coefficient (Wildman–Crippen LogP) is 3.25. The maximum Gasteiger partial charge on any atom is 0.319 e. The molecule has 0 saturated heterocycles. The first kappa shape index (κ1) is 12.6. The summed E-state index contributed by atoms with van der Waals surface area (Å²) in [5.74, 6) is -0.321. The van der Waals surface area contributed by atoms with Crippen LogP contribution >= 0.6 is 11.3 Å². The molecular weight excluding hydrogens is 251 g/mol. The molecule has 94 valence electrons. The first-order valence-electron chi connectivity index (χ1n) is 5.55. The Morgan fingerprint density at radius 1 is 1.22 bits per heavy atom. The van der Waals surface area contributed by atoms with Crippen LogP contribution < -0.4 is 10.6 Å². The summed E-state index contributed by atoms with van der Waals surface area (Å²) >= 11 is 1.64. The number of carbonyl (C=O) groups excluding carboxylic acids is 1. The van der Waals surface area contributed by atoms with Gasteiger partial charge in [-0.15, -0.1) is 0 Å². The minimum atomic E-state index is -0.321. The van der Waals surface area contributed by atoms with Crippen molar-refractivity contribution in [1.29, 1.82) is 0 Å². The Kier molecular flexibility index (Phi) is 4.30. The van der Waals surface area contributed by atoms with Crippen molar-refractivity contribution in [2.24, 2.45) is 0 Å². The number of hydrogen-bond donors (Lipinski definition) is 2. The molecule has 0 aliphatic carbocycles. The van der Waals surface area contributed by atoms with Gasteiger partial charge in [0.25, 0.3) is 0 Å². The molecule has 0 spiro atoms. The lowest BCUT2D eigenvalue weighted by molar-refractivity contribution is 0.252. The van der Waals surface area contributed by atoms with E-state index >= 15 is 0 Å². The summed E-state index contributed by atoms with van der Waals surface area (Å²) in [4.78, 5) is 11.5. The van der Waals surface area contributed by atoms with Gasteiger partial charge >= 0.3 is 6.03 Å². The molecule has 2 rings (SSSR count). The monoisotopic (exact) mass is 264 g/mol. The molecule has 3 nitrogen and oxygen atoms in total. The second-order valence-electron chi connectivity index (χ2n) is 3.77. The van der Waals surface area contributed by atoms with Gasteiger partial charge in [-0.25, -0.2) is 9.18 Å². The molecule has 2 aromatic rings. The molecule has 5 heteroatoms. The highest BCUT2D eigenvalue weighted by molar-refractivity contribution is 7.07. The van der Waals surface area contributed by atoms with Gasteiger partial charge in [0.1, 0.15) is 5.82 Å². The lowest BCUT2D eigenvalue weighted by Crippen LogP contribution is -2.30. The molecule has 0 bridgehead atoms. The third-order valence-electron chi connectivity index (χ3n) is 2.38. The van der Waals surface area contributed by atoms with Crippen LogP contribution in [0.1, 0.15) is 5.56 Å². The molecule has 0 unspecified atom stereocenters. The summed E-state index contributed by atoms with van der Waals surface area (Å²) in [6, 6.07) is 7.41. The van der Waals surface area contributed by atoms with Crippen LogP contribution in [-0.4, -0.2) is 12.6 Å². The molecule has 18 heavy (non-hydrogen) atoms. The van der Waals surface area contributed by atoms with Gasteiger partial charge in [0.15, 0.2) is 0 Å². The highest BCUT2D eigenvalue weighted by Gasteiger charge is 2.01. The summed E-state index contributed by atoms with van der Waals surface area (Å²) < 4.78 is 12.7. The van der Waals surface area contributed by atoms with E-state index in [-0.39, 0.29) is 11.8 Å². The van der Waals surface area contributed by atoms with Gasteiger partial charge < -0.3 is 10.6 Å². The number of thiophene rings is 1. The van der Waals surface area contributed by atoms with E-state index in [1.54, 1.807) is 11.3 Å². The van der Waals surface area contributed by atoms with E-state index in [4.69, 9.17) is 0 Å². The molecule has 1 aromatic heterocycles. The normalized spacial score (nSPS) is 10.1. The van der Waals surface area contributed by atoms with Crippen molar-refractivity contribution in [2.45, 2.75) is 6.42 Å². The van der Waals surface area contributed by atoms with Gasteiger partial charge in [-0.05, 0) is 53.1 Å². The number of hydrogen-bond acceptors (Lipinski definition) is 2. The third-order valence-corrected chi connectivity index (χ3v) is 3.11. The van der Waals surface area contributed by atoms with Gasteiger partial charge in [-0.3, -0.25) is 0 Å². The Bertz CT molecular complexity index is 496. The Balaban J connectivity index is 1.73. The van der Waals surface area contributed by atoms with E-state index in [1.807, 2.05) is 11.4 Å². The van der Waals surface area contributed by atoms with Gasteiger partial charge in [0.2, 0.25) is 0 Å². The Morgan fingerprint density at radius 2 is 2.00 bits per heavy atom. The largest absolute Gasteiger partial charge is 0.338 e. The van der Waals surface area contributed by atoms with Gasteiger partial charge in [-0.1, -0.05) is 0 Å². The number of halogens is 1. The van der Waals surface area contributed by atoms with Crippen molar-refractivity contribution < 1.29 is 9.18 Å². The molecule has 0 aliphatic heterocycles. The van der Waals surface area contributed by atoms with E-state index in [0.29, 0.717) is 12.2 Å². The number of rotatable bonds is 4. The Labute approximate surface area is 109 Å². The molecule has 0 radical (unpaired) electrons. The summed E-state index contributed by atoms with van der Waals surface area (Å²) in [7, 11) is 0. The van der Waals surface area contributed by atoms with Crippen LogP contribution in [0.5, 0.6) is 0 Å². The van der Waals surface area contributed by atoms with Crippen molar-refractivity contribution in [1.82, 2.24) is 5.32 Å². The van der Waals surface area contributed by atoms with E-state index < -0.39 is 0 Å². The molecule has 0 saturated carbocycles. The SMILES string of the molecule is O=C(NCCc1ccsc1)Nc1ccc(F)cc1. The van der Waals surface area contributed by atoms with E-state index in [9.17, 15) is 9.18 Å². The lowest BCUT2D eigenvalue weighted by atomic mass is 10.2. The van der Waals surface area contributed by atoms with E-state index in [1.165, 1.54) is 29.8 Å². The molecule has 1 aromatic carbocycles. The van der Waals surface area contributed by atoms with Crippen LogP contribution in [0.2, 0.25) is 0 Å². The molecule has 2 amide bonds. The van der Waals surface area contributed by atoms with Crippen LogP contribution in [0.25, 0.3) is 0 Å². The Morgan fingerprint density at radius 3 is 2.67 bits per heavy atom. The zero-order valence-electron chi connectivity index (χ0n) is 9.65. The van der Waals surface area contributed by atoms with Gasteiger partial charge in [-0.2, -0.15) is 11.3 Å². The number of amides is 2. The first-order chi connectivity index (χ1) is 8.74. The smallest absolute Gasteiger partial charge is 0.319 e. The number of anilines is 1. The topological polar surface area (TPSA) is 41.1 Å². The molecule has 0 atom stereocenters. The number of benzene rings is 1. The summed E-state index contributed by atoms with van der Waals surface area (Å²) in [6.07, 6.45) is 0.806. The predicted molar refractivity (Wildman–Crippen MR) is 71.4 cm³/mol. The second kappa shape index (κ2) is 6.16. The highest BCUT2D eigenvalue weighted by atomic mass is 32.1. The van der Waals surface area contributed by atoms with Crippen molar-refractivity contribution in [2.75, 3.05) is 11.9 Å². The maximum atomic E-state index is 12.7. The maximum absolute atomic E-state index is 12.7. The van der Waals surface area contributed by atoms with Gasteiger partial charge in [0.05, 0.1) is 0 Å². The summed E-state index contributed by atoms with van der Waals surface area (Å²) in [5, 5.41) is 9.44. The van der Waals surface area contributed by atoms with E-state index in [0.717, 1.165) is 6.42 Å². The number of carbonyl (C=O) groups is 1. The fourth-order valence-electron chi connectivity index (χ4n) is 1.46. The zero-order chi connectivity index (χ0) is 12.8. The molecule has 0 aliphatic rings. The minimum absolute atomic E-state index is 0.281. The molecule has 0 fully saturated rings. The zero-order valence-corrected chi connectivity index (χ0v) is 10.5. The second-order valence-corrected chi connectivity index (χ2v) is 4.55. The fourth-order valence-corrected chi connectivity index (χ4v) is 2.17. The average molecular weight is 264 g/mol. The number of nitrogens with one attached hydrogen (secondary N) is 2. The quantitative estimate of drug-likeness (QED) is 0.874. The average Bonchev–Trinajstić information content (AvgIpc) is 2.85. The van der Waals surface area contributed by atoms with Crippen molar-refractivity contribution in [3.63, 3.8) is 0 Å². The van der Waals surface area contributed by atoms with Crippen LogP contribution in [0.15, 0.2) is 41.1 Å².